The molecule has 1 aliphatic carbocycles. The topological polar surface area (TPSA) is 45.2 Å². The van der Waals surface area contributed by atoms with E-state index >= 15 is 0 Å². The fourth-order valence-corrected chi connectivity index (χ4v) is 3.22. The lowest BCUT2D eigenvalue weighted by Crippen LogP contribution is -2.33. The molecule has 100 valence electrons. The van der Waals surface area contributed by atoms with Gasteiger partial charge >= 0.3 is 0 Å². The first kappa shape index (κ1) is 13.7. The van der Waals surface area contributed by atoms with Crippen molar-refractivity contribution in [2.24, 2.45) is 0 Å². The summed E-state index contributed by atoms with van der Waals surface area (Å²) in [5.74, 6) is 0.297. The Balaban J connectivity index is 1.83. The third kappa shape index (κ3) is 3.62. The van der Waals surface area contributed by atoms with Gasteiger partial charge in [0.1, 0.15) is 5.75 Å². The quantitative estimate of drug-likeness (QED) is 0.879. The van der Waals surface area contributed by atoms with E-state index in [2.05, 4.69) is 16.6 Å². The summed E-state index contributed by atoms with van der Waals surface area (Å²) in [4.78, 5) is 4.37. The number of nitrogens with one attached hydrogen (secondary N) is 1. The summed E-state index contributed by atoms with van der Waals surface area (Å²) in [5.41, 5.74) is 1.72. The van der Waals surface area contributed by atoms with Crippen LogP contribution in [0.5, 0.6) is 5.75 Å². The molecule has 0 unspecified atom stereocenters. The van der Waals surface area contributed by atoms with Gasteiger partial charge in [-0.05, 0) is 51.0 Å². The first-order valence-corrected chi connectivity index (χ1v) is 7.89. The number of hydrogen-bond acceptors (Lipinski definition) is 4. The van der Waals surface area contributed by atoms with Gasteiger partial charge in [0.15, 0.2) is 0 Å². The van der Waals surface area contributed by atoms with Gasteiger partial charge in [0, 0.05) is 23.5 Å². The van der Waals surface area contributed by atoms with Crippen molar-refractivity contribution < 1.29 is 5.11 Å². The zero-order chi connectivity index (χ0) is 13.0. The zero-order valence-corrected chi connectivity index (χ0v) is 12.0. The van der Waals surface area contributed by atoms with Crippen LogP contribution in [0.1, 0.15) is 37.1 Å². The molecule has 0 atom stereocenters. The van der Waals surface area contributed by atoms with E-state index in [9.17, 15) is 5.11 Å². The Morgan fingerprint density at radius 1 is 1.33 bits per heavy atom. The standard InChI is InChI=1S/C14H22N2OS/c1-10-3-8-14(17)13(16-10)9-15-11-4-6-12(18-2)7-5-11/h3,8,11-12,15,17H,4-7,9H2,1-2H3. The molecule has 1 heterocycles. The van der Waals surface area contributed by atoms with Crippen LogP contribution in [0.25, 0.3) is 0 Å². The van der Waals surface area contributed by atoms with Crippen molar-refractivity contribution >= 4 is 11.8 Å². The van der Waals surface area contributed by atoms with Crippen molar-refractivity contribution in [2.75, 3.05) is 6.26 Å². The van der Waals surface area contributed by atoms with Gasteiger partial charge in [0.05, 0.1) is 5.69 Å². The van der Waals surface area contributed by atoms with Crippen LogP contribution in [-0.4, -0.2) is 27.6 Å². The monoisotopic (exact) mass is 266 g/mol. The second-order valence-electron chi connectivity index (χ2n) is 5.01. The van der Waals surface area contributed by atoms with Crippen molar-refractivity contribution in [3.63, 3.8) is 0 Å². The average molecular weight is 266 g/mol. The van der Waals surface area contributed by atoms with Crippen molar-refractivity contribution in [3.05, 3.63) is 23.5 Å². The number of hydrogen-bond donors (Lipinski definition) is 2. The molecule has 0 spiro atoms. The Morgan fingerprint density at radius 3 is 2.72 bits per heavy atom. The molecule has 0 aromatic carbocycles. The molecule has 0 bridgehead atoms. The van der Waals surface area contributed by atoms with E-state index < -0.39 is 0 Å². The highest BCUT2D eigenvalue weighted by Crippen LogP contribution is 2.27. The first-order valence-electron chi connectivity index (χ1n) is 6.60. The normalized spacial score (nSPS) is 24.1. The van der Waals surface area contributed by atoms with Crippen molar-refractivity contribution in [3.8, 4) is 5.75 Å². The molecular formula is C14H22N2OS. The van der Waals surface area contributed by atoms with Gasteiger partial charge < -0.3 is 10.4 Å². The molecule has 1 aromatic heterocycles. The van der Waals surface area contributed by atoms with Gasteiger partial charge in [0.25, 0.3) is 0 Å². The maximum absolute atomic E-state index is 9.74. The van der Waals surface area contributed by atoms with Gasteiger partial charge in [-0.15, -0.1) is 0 Å². The number of aromatic nitrogens is 1. The fourth-order valence-electron chi connectivity index (χ4n) is 2.48. The molecule has 0 aliphatic heterocycles. The molecule has 0 radical (unpaired) electrons. The second kappa shape index (κ2) is 6.43. The lowest BCUT2D eigenvalue weighted by Gasteiger charge is -2.28. The first-order chi connectivity index (χ1) is 8.69. The van der Waals surface area contributed by atoms with E-state index in [1.165, 1.54) is 25.7 Å². The average Bonchev–Trinajstić information content (AvgIpc) is 2.40. The summed E-state index contributed by atoms with van der Waals surface area (Å²) in [6.45, 7) is 2.62. The predicted octanol–water partition coefficient (Wildman–Crippen LogP) is 2.86. The second-order valence-corrected chi connectivity index (χ2v) is 6.15. The van der Waals surface area contributed by atoms with E-state index in [-0.39, 0.29) is 0 Å². The van der Waals surface area contributed by atoms with Gasteiger partial charge in [-0.2, -0.15) is 11.8 Å². The molecule has 1 aliphatic rings. The minimum atomic E-state index is 0.297. The SMILES string of the molecule is CSC1CCC(NCc2nc(C)ccc2O)CC1. The van der Waals surface area contributed by atoms with Crippen LogP contribution in [0, 0.1) is 6.92 Å². The smallest absolute Gasteiger partial charge is 0.138 e. The van der Waals surface area contributed by atoms with Crippen LogP contribution in [0.15, 0.2) is 12.1 Å². The van der Waals surface area contributed by atoms with Crippen molar-refractivity contribution in [2.45, 2.75) is 50.4 Å². The summed E-state index contributed by atoms with van der Waals surface area (Å²) in [7, 11) is 0. The maximum atomic E-state index is 9.74. The number of nitrogens with zero attached hydrogens (tertiary/aromatic N) is 1. The van der Waals surface area contributed by atoms with Gasteiger partial charge in [0.2, 0.25) is 0 Å². The predicted molar refractivity (Wildman–Crippen MR) is 77.0 cm³/mol. The molecule has 1 fully saturated rings. The molecule has 2 rings (SSSR count). The van der Waals surface area contributed by atoms with E-state index in [1.54, 1.807) is 6.07 Å². The van der Waals surface area contributed by atoms with Gasteiger partial charge in [-0.3, -0.25) is 4.98 Å². The molecule has 0 saturated heterocycles. The van der Waals surface area contributed by atoms with E-state index in [0.29, 0.717) is 18.3 Å². The van der Waals surface area contributed by atoms with Crippen LogP contribution in [-0.2, 0) is 6.54 Å². The number of aryl methyl sites for hydroxylation is 1. The Kier molecular flexibility index (Phi) is 4.89. The summed E-state index contributed by atoms with van der Waals surface area (Å²) < 4.78 is 0. The van der Waals surface area contributed by atoms with Crippen molar-refractivity contribution in [1.82, 2.24) is 10.3 Å². The fraction of sp³-hybridized carbons (Fsp3) is 0.643. The summed E-state index contributed by atoms with van der Waals surface area (Å²) in [5, 5.41) is 14.1. The highest BCUT2D eigenvalue weighted by Gasteiger charge is 2.20. The van der Waals surface area contributed by atoms with E-state index in [4.69, 9.17) is 0 Å². The highest BCUT2D eigenvalue weighted by molar-refractivity contribution is 7.99. The van der Waals surface area contributed by atoms with E-state index in [1.807, 2.05) is 24.8 Å². The third-order valence-corrected chi connectivity index (χ3v) is 4.79. The minimum Gasteiger partial charge on any atom is -0.506 e. The minimum absolute atomic E-state index is 0.297. The lowest BCUT2D eigenvalue weighted by atomic mass is 9.95. The highest BCUT2D eigenvalue weighted by atomic mass is 32.2. The van der Waals surface area contributed by atoms with Gasteiger partial charge in [-0.1, -0.05) is 0 Å². The summed E-state index contributed by atoms with van der Waals surface area (Å²) >= 11 is 1.99. The van der Waals surface area contributed by atoms with E-state index in [0.717, 1.165) is 16.6 Å². The van der Waals surface area contributed by atoms with Gasteiger partial charge in [-0.25, -0.2) is 0 Å². The Bertz CT molecular complexity index is 389. The number of aromatic hydroxyl groups is 1. The molecular weight excluding hydrogens is 244 g/mol. The summed E-state index contributed by atoms with van der Waals surface area (Å²) in [6.07, 6.45) is 7.27. The number of rotatable bonds is 4. The number of thioether (sulfide) groups is 1. The molecule has 1 aromatic rings. The zero-order valence-electron chi connectivity index (χ0n) is 11.1. The maximum Gasteiger partial charge on any atom is 0.138 e. The Hall–Kier alpha value is -0.740. The molecule has 2 N–H and O–H groups in total. The largest absolute Gasteiger partial charge is 0.506 e. The van der Waals surface area contributed by atoms with Crippen molar-refractivity contribution in [1.29, 1.82) is 0 Å². The number of pyridine rings is 1. The van der Waals surface area contributed by atoms with Crippen LogP contribution in [0.4, 0.5) is 0 Å². The molecule has 3 nitrogen and oxygen atoms in total. The Labute approximate surface area is 113 Å². The summed E-state index contributed by atoms with van der Waals surface area (Å²) in [6, 6.07) is 4.14. The van der Waals surface area contributed by atoms with Crippen LogP contribution < -0.4 is 5.32 Å². The Morgan fingerprint density at radius 2 is 2.06 bits per heavy atom. The molecule has 18 heavy (non-hydrogen) atoms. The van der Waals surface area contributed by atoms with Crippen LogP contribution in [0.3, 0.4) is 0 Å². The molecule has 4 heteroatoms. The molecule has 0 amide bonds. The van der Waals surface area contributed by atoms with Crippen LogP contribution >= 0.6 is 11.8 Å². The van der Waals surface area contributed by atoms with Crippen LogP contribution in [0.2, 0.25) is 0 Å². The molecule has 1 saturated carbocycles. The lowest BCUT2D eigenvalue weighted by molar-refractivity contribution is 0.372. The third-order valence-electron chi connectivity index (χ3n) is 3.66.